The maximum absolute atomic E-state index is 9.92. The number of rotatable bonds is 2. The van der Waals surface area contributed by atoms with Crippen molar-refractivity contribution < 1.29 is 10.2 Å². The summed E-state index contributed by atoms with van der Waals surface area (Å²) in [6.07, 6.45) is 1.56. The van der Waals surface area contributed by atoms with Crippen molar-refractivity contribution >= 4 is 11.9 Å². The topological polar surface area (TPSA) is 52.8 Å². The SMILES string of the molecule is Cc1cc(C)c(O)c(C=Nc2ccccc2O)c1. The van der Waals surface area contributed by atoms with Crippen LogP contribution in [0.1, 0.15) is 16.7 Å². The summed E-state index contributed by atoms with van der Waals surface area (Å²) in [5, 5.41) is 19.5. The molecule has 18 heavy (non-hydrogen) atoms. The van der Waals surface area contributed by atoms with Gasteiger partial charge in [-0.2, -0.15) is 0 Å². The molecular formula is C15H15NO2. The van der Waals surface area contributed by atoms with Gasteiger partial charge in [0, 0.05) is 11.8 Å². The molecule has 0 aliphatic carbocycles. The van der Waals surface area contributed by atoms with Gasteiger partial charge in [-0.05, 0) is 43.2 Å². The Morgan fingerprint density at radius 2 is 1.78 bits per heavy atom. The van der Waals surface area contributed by atoms with Crippen LogP contribution in [0.25, 0.3) is 0 Å². The van der Waals surface area contributed by atoms with Gasteiger partial charge in [0.25, 0.3) is 0 Å². The summed E-state index contributed by atoms with van der Waals surface area (Å²) in [7, 11) is 0. The van der Waals surface area contributed by atoms with Crippen molar-refractivity contribution in [3.05, 3.63) is 53.1 Å². The third-order valence-electron chi connectivity index (χ3n) is 2.70. The molecule has 0 fully saturated rings. The molecule has 0 radical (unpaired) electrons. The summed E-state index contributed by atoms with van der Waals surface area (Å²) in [4.78, 5) is 4.18. The van der Waals surface area contributed by atoms with Crippen LogP contribution in [0.15, 0.2) is 41.4 Å². The summed E-state index contributed by atoms with van der Waals surface area (Å²) < 4.78 is 0. The minimum Gasteiger partial charge on any atom is -0.507 e. The van der Waals surface area contributed by atoms with Gasteiger partial charge in [-0.15, -0.1) is 0 Å². The third-order valence-corrected chi connectivity index (χ3v) is 2.70. The van der Waals surface area contributed by atoms with Gasteiger partial charge >= 0.3 is 0 Å². The van der Waals surface area contributed by atoms with E-state index in [1.807, 2.05) is 26.0 Å². The monoisotopic (exact) mass is 241 g/mol. The fraction of sp³-hybridized carbons (Fsp3) is 0.133. The Kier molecular flexibility index (Phi) is 3.33. The molecule has 0 spiro atoms. The van der Waals surface area contributed by atoms with Crippen molar-refractivity contribution in [2.24, 2.45) is 4.99 Å². The van der Waals surface area contributed by atoms with Crippen LogP contribution in [0.2, 0.25) is 0 Å². The van der Waals surface area contributed by atoms with E-state index in [4.69, 9.17) is 0 Å². The number of aliphatic imine (C=N–C) groups is 1. The molecule has 0 atom stereocenters. The fourth-order valence-electron chi connectivity index (χ4n) is 1.80. The molecule has 0 amide bonds. The molecule has 92 valence electrons. The lowest BCUT2D eigenvalue weighted by Crippen LogP contribution is -1.87. The zero-order chi connectivity index (χ0) is 13.1. The number of phenols is 2. The zero-order valence-corrected chi connectivity index (χ0v) is 10.4. The van der Waals surface area contributed by atoms with Crippen molar-refractivity contribution in [1.82, 2.24) is 0 Å². The second kappa shape index (κ2) is 4.92. The van der Waals surface area contributed by atoms with E-state index in [-0.39, 0.29) is 11.5 Å². The number of aromatic hydroxyl groups is 2. The van der Waals surface area contributed by atoms with Gasteiger partial charge in [0.2, 0.25) is 0 Å². The maximum Gasteiger partial charge on any atom is 0.141 e. The standard InChI is InChI=1S/C15H15NO2/c1-10-7-11(2)15(18)12(8-10)9-16-13-5-3-4-6-14(13)17/h3-9,17-18H,1-2H3. The summed E-state index contributed by atoms with van der Waals surface area (Å²) >= 11 is 0. The molecule has 2 aromatic rings. The highest BCUT2D eigenvalue weighted by atomic mass is 16.3. The number of para-hydroxylation sites is 2. The van der Waals surface area contributed by atoms with Gasteiger partial charge in [0.15, 0.2) is 0 Å². The summed E-state index contributed by atoms with van der Waals surface area (Å²) in [6.45, 7) is 3.81. The van der Waals surface area contributed by atoms with Gasteiger partial charge in [-0.25, -0.2) is 0 Å². The average molecular weight is 241 g/mol. The van der Waals surface area contributed by atoms with Crippen LogP contribution in [0.4, 0.5) is 5.69 Å². The van der Waals surface area contributed by atoms with Crippen LogP contribution in [-0.4, -0.2) is 16.4 Å². The summed E-state index contributed by atoms with van der Waals surface area (Å²) in [5.74, 6) is 0.345. The Labute approximate surface area is 106 Å². The minimum absolute atomic E-state index is 0.123. The average Bonchev–Trinajstić information content (AvgIpc) is 2.33. The molecule has 3 nitrogen and oxygen atoms in total. The molecule has 2 aromatic carbocycles. The van der Waals surface area contributed by atoms with E-state index in [1.165, 1.54) is 0 Å². The Morgan fingerprint density at radius 3 is 2.50 bits per heavy atom. The highest BCUT2D eigenvalue weighted by molar-refractivity contribution is 5.86. The lowest BCUT2D eigenvalue weighted by atomic mass is 10.1. The Bertz CT molecular complexity index is 603. The number of hydrogen-bond acceptors (Lipinski definition) is 3. The van der Waals surface area contributed by atoms with E-state index in [0.717, 1.165) is 11.1 Å². The highest BCUT2D eigenvalue weighted by Crippen LogP contribution is 2.26. The number of nitrogens with zero attached hydrogens (tertiary/aromatic N) is 1. The molecule has 0 saturated carbocycles. The van der Waals surface area contributed by atoms with Crippen LogP contribution < -0.4 is 0 Å². The second-order valence-electron chi connectivity index (χ2n) is 4.27. The second-order valence-corrected chi connectivity index (χ2v) is 4.27. The molecule has 2 N–H and O–H groups in total. The Hall–Kier alpha value is -2.29. The molecule has 0 aliphatic rings. The molecular weight excluding hydrogens is 226 g/mol. The number of phenolic OH excluding ortho intramolecular Hbond substituents is 2. The quantitative estimate of drug-likeness (QED) is 0.791. The van der Waals surface area contributed by atoms with E-state index >= 15 is 0 Å². The van der Waals surface area contributed by atoms with Crippen molar-refractivity contribution in [1.29, 1.82) is 0 Å². The fourth-order valence-corrected chi connectivity index (χ4v) is 1.80. The Balaban J connectivity index is 2.38. The molecule has 2 rings (SSSR count). The lowest BCUT2D eigenvalue weighted by molar-refractivity contribution is 0.470. The van der Waals surface area contributed by atoms with Crippen LogP contribution in [0, 0.1) is 13.8 Å². The van der Waals surface area contributed by atoms with Crippen molar-refractivity contribution in [2.75, 3.05) is 0 Å². The van der Waals surface area contributed by atoms with E-state index in [2.05, 4.69) is 4.99 Å². The maximum atomic E-state index is 9.92. The first-order chi connectivity index (χ1) is 8.58. The van der Waals surface area contributed by atoms with Gasteiger partial charge in [-0.1, -0.05) is 18.2 Å². The van der Waals surface area contributed by atoms with Gasteiger partial charge < -0.3 is 10.2 Å². The first kappa shape index (κ1) is 12.2. The first-order valence-electron chi connectivity index (χ1n) is 5.70. The highest BCUT2D eigenvalue weighted by Gasteiger charge is 2.03. The molecule has 0 bridgehead atoms. The van der Waals surface area contributed by atoms with E-state index in [9.17, 15) is 10.2 Å². The van der Waals surface area contributed by atoms with Gasteiger partial charge in [0.1, 0.15) is 17.2 Å². The smallest absolute Gasteiger partial charge is 0.141 e. The predicted octanol–water partition coefficient (Wildman–Crippen LogP) is 3.47. The van der Waals surface area contributed by atoms with Gasteiger partial charge in [-0.3, -0.25) is 4.99 Å². The largest absolute Gasteiger partial charge is 0.507 e. The van der Waals surface area contributed by atoms with Crippen molar-refractivity contribution in [3.63, 3.8) is 0 Å². The summed E-state index contributed by atoms with van der Waals surface area (Å²) in [6, 6.07) is 10.6. The van der Waals surface area contributed by atoms with Crippen LogP contribution >= 0.6 is 0 Å². The number of aryl methyl sites for hydroxylation is 2. The zero-order valence-electron chi connectivity index (χ0n) is 10.4. The van der Waals surface area contributed by atoms with Crippen molar-refractivity contribution in [3.8, 4) is 11.5 Å². The first-order valence-corrected chi connectivity index (χ1v) is 5.70. The Morgan fingerprint density at radius 1 is 1.06 bits per heavy atom. The van der Waals surface area contributed by atoms with Crippen LogP contribution in [-0.2, 0) is 0 Å². The lowest BCUT2D eigenvalue weighted by Gasteiger charge is -2.05. The van der Waals surface area contributed by atoms with Crippen LogP contribution in [0.5, 0.6) is 11.5 Å². The summed E-state index contributed by atoms with van der Waals surface area (Å²) in [5.41, 5.74) is 3.00. The normalized spacial score (nSPS) is 11.0. The molecule has 0 aromatic heterocycles. The minimum atomic E-state index is 0.123. The number of hydrogen-bond donors (Lipinski definition) is 2. The van der Waals surface area contributed by atoms with Crippen LogP contribution in [0.3, 0.4) is 0 Å². The third kappa shape index (κ3) is 2.51. The number of benzene rings is 2. The molecule has 0 heterocycles. The van der Waals surface area contributed by atoms with E-state index in [0.29, 0.717) is 11.3 Å². The molecule has 0 unspecified atom stereocenters. The van der Waals surface area contributed by atoms with Crippen molar-refractivity contribution in [2.45, 2.75) is 13.8 Å². The molecule has 0 saturated heterocycles. The van der Waals surface area contributed by atoms with E-state index < -0.39 is 0 Å². The predicted molar refractivity (Wildman–Crippen MR) is 72.9 cm³/mol. The molecule has 0 aliphatic heterocycles. The van der Waals surface area contributed by atoms with Gasteiger partial charge in [0.05, 0.1) is 0 Å². The van der Waals surface area contributed by atoms with E-state index in [1.54, 1.807) is 30.5 Å². The molecule has 3 heteroatoms.